The summed E-state index contributed by atoms with van der Waals surface area (Å²) >= 11 is 6.04. The van der Waals surface area contributed by atoms with Crippen LogP contribution in [-0.2, 0) is 9.59 Å². The van der Waals surface area contributed by atoms with E-state index in [1.807, 2.05) is 6.07 Å². The SMILES string of the molecule is O=C1[C@@H]2[C@@H]3C=C[C@H]([C@H]4C[C@@H]34)[C@@H]2C(=O)N1CN(C(=O)c1ccccc1)c1ccc(Cl)cc1. The molecule has 0 aromatic heterocycles. The second-order valence-corrected chi connectivity index (χ2v) is 9.41. The van der Waals surface area contributed by atoms with Crippen molar-refractivity contribution in [1.82, 2.24) is 4.90 Å². The van der Waals surface area contributed by atoms with E-state index < -0.39 is 0 Å². The van der Waals surface area contributed by atoms with Gasteiger partial charge in [-0.2, -0.15) is 0 Å². The summed E-state index contributed by atoms with van der Waals surface area (Å²) < 4.78 is 0. The van der Waals surface area contributed by atoms with E-state index in [4.69, 9.17) is 11.6 Å². The van der Waals surface area contributed by atoms with E-state index in [0.717, 1.165) is 6.42 Å². The van der Waals surface area contributed by atoms with Gasteiger partial charge in [0.2, 0.25) is 11.8 Å². The van der Waals surface area contributed by atoms with Crippen LogP contribution >= 0.6 is 11.6 Å². The molecule has 6 atom stereocenters. The molecule has 3 fully saturated rings. The Labute approximate surface area is 185 Å². The molecule has 1 aliphatic heterocycles. The van der Waals surface area contributed by atoms with Crippen molar-refractivity contribution < 1.29 is 14.4 Å². The van der Waals surface area contributed by atoms with Crippen molar-refractivity contribution in [1.29, 1.82) is 0 Å². The van der Waals surface area contributed by atoms with E-state index in [9.17, 15) is 14.4 Å². The van der Waals surface area contributed by atoms with Crippen LogP contribution in [-0.4, -0.2) is 29.3 Å². The van der Waals surface area contributed by atoms with Gasteiger partial charge >= 0.3 is 0 Å². The number of imide groups is 1. The molecule has 6 heteroatoms. The van der Waals surface area contributed by atoms with E-state index in [2.05, 4.69) is 12.2 Å². The zero-order valence-corrected chi connectivity index (χ0v) is 17.5. The number of rotatable bonds is 4. The number of amides is 3. The third-order valence-electron chi connectivity index (χ3n) is 7.44. The number of hydrogen-bond donors (Lipinski definition) is 0. The Morgan fingerprint density at radius 3 is 2.06 bits per heavy atom. The summed E-state index contributed by atoms with van der Waals surface area (Å²) in [5.41, 5.74) is 1.09. The number of halogens is 1. The lowest BCUT2D eigenvalue weighted by atomic mass is 9.63. The van der Waals surface area contributed by atoms with Gasteiger partial charge in [-0.1, -0.05) is 42.0 Å². The molecule has 0 unspecified atom stereocenters. The van der Waals surface area contributed by atoms with Gasteiger partial charge < -0.3 is 0 Å². The van der Waals surface area contributed by atoms with E-state index in [-0.39, 0.29) is 48.1 Å². The average molecular weight is 433 g/mol. The van der Waals surface area contributed by atoms with Crippen LogP contribution in [0, 0.1) is 35.5 Å². The second-order valence-electron chi connectivity index (χ2n) is 8.98. The minimum Gasteiger partial charge on any atom is -0.290 e. The maximum Gasteiger partial charge on any atom is 0.259 e. The Bertz CT molecular complexity index is 1080. The molecule has 2 aromatic carbocycles. The van der Waals surface area contributed by atoms with Crippen molar-refractivity contribution in [3.8, 4) is 0 Å². The Morgan fingerprint density at radius 2 is 1.48 bits per heavy atom. The summed E-state index contributed by atoms with van der Waals surface area (Å²) in [6, 6.07) is 15.8. The predicted molar refractivity (Wildman–Crippen MR) is 116 cm³/mol. The lowest BCUT2D eigenvalue weighted by Crippen LogP contribution is -2.45. The molecule has 0 spiro atoms. The number of carbonyl (C=O) groups is 3. The number of carbonyl (C=O) groups excluding carboxylic acids is 3. The molecule has 0 radical (unpaired) electrons. The Kier molecular flexibility index (Phi) is 4.12. The minimum absolute atomic E-state index is 0.0885. The van der Waals surface area contributed by atoms with Crippen LogP contribution < -0.4 is 4.90 Å². The molecule has 2 saturated carbocycles. The van der Waals surface area contributed by atoms with Crippen molar-refractivity contribution in [3.05, 3.63) is 77.3 Å². The average Bonchev–Trinajstić information content (AvgIpc) is 3.58. The second kappa shape index (κ2) is 6.79. The van der Waals surface area contributed by atoms with Crippen LogP contribution in [0.5, 0.6) is 0 Å². The van der Waals surface area contributed by atoms with Crippen molar-refractivity contribution in [2.45, 2.75) is 6.42 Å². The Hall–Kier alpha value is -2.92. The molecule has 1 saturated heterocycles. The molecular weight excluding hydrogens is 412 g/mol. The smallest absolute Gasteiger partial charge is 0.259 e. The van der Waals surface area contributed by atoms with Gasteiger partial charge in [-0.05, 0) is 66.5 Å². The first-order valence-corrected chi connectivity index (χ1v) is 11.1. The third-order valence-corrected chi connectivity index (χ3v) is 7.69. The summed E-state index contributed by atoms with van der Waals surface area (Å²) in [6.07, 6.45) is 5.43. The fourth-order valence-electron chi connectivity index (χ4n) is 5.92. The molecular formula is C25H21ClN2O3. The molecule has 5 aliphatic rings. The monoisotopic (exact) mass is 432 g/mol. The molecule has 156 valence electrons. The summed E-state index contributed by atoms with van der Waals surface area (Å²) in [5, 5.41) is 0.553. The largest absolute Gasteiger partial charge is 0.290 e. The first-order chi connectivity index (χ1) is 15.0. The number of benzene rings is 2. The van der Waals surface area contributed by atoms with E-state index in [1.54, 1.807) is 48.5 Å². The number of nitrogens with zero attached hydrogens (tertiary/aromatic N) is 2. The molecule has 4 aliphatic carbocycles. The Balaban J connectivity index is 1.34. The normalized spacial score (nSPS) is 32.1. The molecule has 0 N–H and O–H groups in total. The molecule has 2 bridgehead atoms. The zero-order chi connectivity index (χ0) is 21.3. The van der Waals surface area contributed by atoms with Crippen LogP contribution in [0.3, 0.4) is 0 Å². The van der Waals surface area contributed by atoms with Gasteiger partial charge in [0.15, 0.2) is 0 Å². The van der Waals surface area contributed by atoms with Gasteiger partial charge in [0.05, 0.1) is 11.8 Å². The standard InChI is InChI=1S/C25H21ClN2O3/c26-15-6-8-16(9-7-15)27(23(29)14-4-2-1-3-5-14)13-28-24(30)21-17-10-11-18(20-12-19(17)20)22(21)25(28)31/h1-11,17-22H,12-13H2/t17-,18-,19-,20+,21+,22-/m1/s1. The van der Waals surface area contributed by atoms with Crippen LogP contribution in [0.4, 0.5) is 5.69 Å². The van der Waals surface area contributed by atoms with Crippen molar-refractivity contribution in [2.75, 3.05) is 11.6 Å². The highest BCUT2D eigenvalue weighted by Crippen LogP contribution is 2.65. The summed E-state index contributed by atoms with van der Waals surface area (Å²) in [7, 11) is 0. The van der Waals surface area contributed by atoms with Gasteiger partial charge in [-0.15, -0.1) is 0 Å². The fraction of sp³-hybridized carbons (Fsp3) is 0.320. The number of anilines is 1. The molecule has 3 amide bonds. The third kappa shape index (κ3) is 2.79. The van der Waals surface area contributed by atoms with E-state index in [1.165, 1.54) is 9.80 Å². The molecule has 1 heterocycles. The lowest BCUT2D eigenvalue weighted by molar-refractivity contribution is -0.140. The highest BCUT2D eigenvalue weighted by atomic mass is 35.5. The quantitative estimate of drug-likeness (QED) is 0.542. The summed E-state index contributed by atoms with van der Waals surface area (Å²) in [4.78, 5) is 43.0. The van der Waals surface area contributed by atoms with Gasteiger partial charge in [-0.25, -0.2) is 0 Å². The number of likely N-dealkylation sites (tertiary alicyclic amines) is 1. The van der Waals surface area contributed by atoms with Gasteiger partial charge in [0.25, 0.3) is 5.91 Å². The van der Waals surface area contributed by atoms with Crippen LogP contribution in [0.15, 0.2) is 66.7 Å². The lowest BCUT2D eigenvalue weighted by Gasteiger charge is -2.37. The van der Waals surface area contributed by atoms with Crippen LogP contribution in [0.1, 0.15) is 16.8 Å². The highest BCUT2D eigenvalue weighted by Gasteiger charge is 2.67. The molecule has 31 heavy (non-hydrogen) atoms. The summed E-state index contributed by atoms with van der Waals surface area (Å²) in [5.74, 6) is 0.333. The minimum atomic E-state index is -0.273. The fourth-order valence-corrected chi connectivity index (χ4v) is 6.05. The highest BCUT2D eigenvalue weighted by molar-refractivity contribution is 6.30. The predicted octanol–water partition coefficient (Wildman–Crippen LogP) is 4.00. The molecule has 7 rings (SSSR count). The van der Waals surface area contributed by atoms with Crippen molar-refractivity contribution in [3.63, 3.8) is 0 Å². The number of allylic oxidation sites excluding steroid dienone is 2. The summed E-state index contributed by atoms with van der Waals surface area (Å²) in [6.45, 7) is -0.0885. The topological polar surface area (TPSA) is 57.7 Å². The first kappa shape index (κ1) is 18.8. The molecule has 5 nitrogen and oxygen atoms in total. The van der Waals surface area contributed by atoms with E-state index in [0.29, 0.717) is 28.1 Å². The maximum atomic E-state index is 13.4. The van der Waals surface area contributed by atoms with E-state index >= 15 is 0 Å². The maximum absolute atomic E-state index is 13.4. The van der Waals surface area contributed by atoms with Crippen LogP contribution in [0.25, 0.3) is 0 Å². The number of hydrogen-bond acceptors (Lipinski definition) is 3. The van der Waals surface area contributed by atoms with Crippen LogP contribution in [0.2, 0.25) is 5.02 Å². The van der Waals surface area contributed by atoms with Gasteiger partial charge in [0.1, 0.15) is 6.67 Å². The Morgan fingerprint density at radius 1 is 0.903 bits per heavy atom. The molecule has 2 aromatic rings. The zero-order valence-electron chi connectivity index (χ0n) is 16.7. The first-order valence-electron chi connectivity index (χ1n) is 10.7. The van der Waals surface area contributed by atoms with Crippen molar-refractivity contribution >= 4 is 35.0 Å². The van der Waals surface area contributed by atoms with Crippen molar-refractivity contribution in [2.24, 2.45) is 35.5 Å². The van der Waals surface area contributed by atoms with Gasteiger partial charge in [-0.3, -0.25) is 24.2 Å². The van der Waals surface area contributed by atoms with Gasteiger partial charge in [0, 0.05) is 16.3 Å².